The summed E-state index contributed by atoms with van der Waals surface area (Å²) in [6, 6.07) is 16.6. The Kier molecular flexibility index (Phi) is 5.96. The molecule has 146 valence electrons. The highest BCUT2D eigenvalue weighted by Crippen LogP contribution is 2.30. The standard InChI is InChI=1S/C23H25NO3S/c1-4-23(25)22-16-24(28(26,27)21-12-10-17(2)11-13-21)15-20(18(22)3)14-19-8-6-5-7-9-19/h5-14H,4,15-16H2,1-3H3/b20-14+. The molecule has 1 aliphatic rings. The second-order valence-corrected chi connectivity index (χ2v) is 8.98. The molecule has 1 aliphatic heterocycles. The van der Waals surface area contributed by atoms with E-state index in [1.54, 1.807) is 31.2 Å². The lowest BCUT2D eigenvalue weighted by atomic mass is 9.92. The Bertz CT molecular complexity index is 1030. The Balaban J connectivity index is 2.06. The van der Waals surface area contributed by atoms with E-state index in [-0.39, 0.29) is 23.8 Å². The summed E-state index contributed by atoms with van der Waals surface area (Å²) >= 11 is 0. The third kappa shape index (κ3) is 4.16. The molecule has 2 aromatic carbocycles. The zero-order chi connectivity index (χ0) is 20.3. The molecule has 0 spiro atoms. The maximum atomic E-state index is 13.2. The molecule has 0 radical (unpaired) electrons. The maximum Gasteiger partial charge on any atom is 0.243 e. The number of Topliss-reactive ketones (excluding diaryl/α,β-unsaturated/α-hetero) is 1. The molecule has 0 bridgehead atoms. The van der Waals surface area contributed by atoms with Crippen molar-refractivity contribution in [3.8, 4) is 0 Å². The molecular formula is C23H25NO3S. The van der Waals surface area contributed by atoms with Crippen molar-refractivity contribution in [1.29, 1.82) is 0 Å². The summed E-state index contributed by atoms with van der Waals surface area (Å²) in [7, 11) is -3.70. The smallest absolute Gasteiger partial charge is 0.243 e. The number of ketones is 1. The van der Waals surface area contributed by atoms with Crippen molar-refractivity contribution in [3.63, 3.8) is 0 Å². The predicted molar refractivity (Wildman–Crippen MR) is 112 cm³/mol. The fraction of sp³-hybridized carbons (Fsp3) is 0.261. The van der Waals surface area contributed by atoms with Gasteiger partial charge in [-0.15, -0.1) is 0 Å². The molecule has 0 aromatic heterocycles. The zero-order valence-electron chi connectivity index (χ0n) is 16.5. The van der Waals surface area contributed by atoms with E-state index in [9.17, 15) is 13.2 Å². The summed E-state index contributed by atoms with van der Waals surface area (Å²) in [6.07, 6.45) is 2.32. The lowest BCUT2D eigenvalue weighted by molar-refractivity contribution is -0.115. The van der Waals surface area contributed by atoms with Gasteiger partial charge in [-0.25, -0.2) is 8.42 Å². The predicted octanol–water partition coefficient (Wildman–Crippen LogP) is 4.38. The third-order valence-corrected chi connectivity index (χ3v) is 6.88. The van der Waals surface area contributed by atoms with Crippen molar-refractivity contribution in [2.24, 2.45) is 0 Å². The normalized spacial score (nSPS) is 17.2. The van der Waals surface area contributed by atoms with Gasteiger partial charge in [-0.1, -0.05) is 61.0 Å². The van der Waals surface area contributed by atoms with Gasteiger partial charge in [-0.3, -0.25) is 4.79 Å². The monoisotopic (exact) mass is 395 g/mol. The summed E-state index contributed by atoms with van der Waals surface area (Å²) in [5.41, 5.74) is 4.29. The Morgan fingerprint density at radius 2 is 1.64 bits per heavy atom. The van der Waals surface area contributed by atoms with E-state index in [0.29, 0.717) is 12.0 Å². The lowest BCUT2D eigenvalue weighted by Crippen LogP contribution is -2.39. The van der Waals surface area contributed by atoms with Crippen LogP contribution in [0, 0.1) is 6.92 Å². The van der Waals surface area contributed by atoms with E-state index >= 15 is 0 Å². The SMILES string of the molecule is CCC(=O)C1=C(C)/C(=C/c2ccccc2)CN(S(=O)(=O)c2ccc(C)cc2)C1. The summed E-state index contributed by atoms with van der Waals surface area (Å²) in [6.45, 7) is 5.99. The highest BCUT2D eigenvalue weighted by Gasteiger charge is 2.32. The van der Waals surface area contributed by atoms with Crippen LogP contribution in [-0.2, 0) is 14.8 Å². The van der Waals surface area contributed by atoms with Crippen LogP contribution in [0.25, 0.3) is 6.08 Å². The number of hydrogen-bond acceptors (Lipinski definition) is 3. The Labute approximate surface area is 167 Å². The van der Waals surface area contributed by atoms with Crippen molar-refractivity contribution < 1.29 is 13.2 Å². The van der Waals surface area contributed by atoms with Crippen LogP contribution in [0.3, 0.4) is 0 Å². The number of nitrogens with zero attached hydrogens (tertiary/aromatic N) is 1. The molecule has 3 rings (SSSR count). The highest BCUT2D eigenvalue weighted by molar-refractivity contribution is 7.89. The van der Waals surface area contributed by atoms with E-state index in [1.165, 1.54) is 4.31 Å². The number of carbonyl (C=O) groups is 1. The minimum absolute atomic E-state index is 0.0136. The highest BCUT2D eigenvalue weighted by atomic mass is 32.2. The van der Waals surface area contributed by atoms with Gasteiger partial charge < -0.3 is 0 Å². The zero-order valence-corrected chi connectivity index (χ0v) is 17.3. The molecule has 2 aromatic rings. The van der Waals surface area contributed by atoms with Gasteiger partial charge in [0.25, 0.3) is 0 Å². The van der Waals surface area contributed by atoms with Gasteiger partial charge >= 0.3 is 0 Å². The van der Waals surface area contributed by atoms with Crippen LogP contribution in [0.4, 0.5) is 0 Å². The van der Waals surface area contributed by atoms with Gasteiger partial charge in [0, 0.05) is 25.1 Å². The van der Waals surface area contributed by atoms with Crippen LogP contribution in [0.15, 0.2) is 76.2 Å². The molecule has 0 fully saturated rings. The van der Waals surface area contributed by atoms with Crippen molar-refractivity contribution in [1.82, 2.24) is 4.31 Å². The first kappa shape index (κ1) is 20.2. The molecular weight excluding hydrogens is 370 g/mol. The van der Waals surface area contributed by atoms with Crippen molar-refractivity contribution in [2.45, 2.75) is 32.1 Å². The average Bonchev–Trinajstić information content (AvgIpc) is 2.70. The lowest BCUT2D eigenvalue weighted by Gasteiger charge is -2.30. The van der Waals surface area contributed by atoms with Crippen molar-refractivity contribution in [3.05, 3.63) is 82.4 Å². The van der Waals surface area contributed by atoms with E-state index in [4.69, 9.17) is 0 Å². The minimum atomic E-state index is -3.70. The largest absolute Gasteiger partial charge is 0.295 e. The summed E-state index contributed by atoms with van der Waals surface area (Å²) in [5.74, 6) is -0.0136. The van der Waals surface area contributed by atoms with Crippen LogP contribution in [0.2, 0.25) is 0 Å². The summed E-state index contributed by atoms with van der Waals surface area (Å²) in [4.78, 5) is 12.8. The van der Waals surface area contributed by atoms with Gasteiger partial charge in [-0.05, 0) is 42.7 Å². The quantitative estimate of drug-likeness (QED) is 0.755. The Morgan fingerprint density at radius 3 is 2.25 bits per heavy atom. The average molecular weight is 396 g/mol. The Morgan fingerprint density at radius 1 is 1.00 bits per heavy atom. The van der Waals surface area contributed by atoms with E-state index < -0.39 is 10.0 Å². The van der Waals surface area contributed by atoms with Crippen LogP contribution < -0.4 is 0 Å². The molecule has 1 heterocycles. The summed E-state index contributed by atoms with van der Waals surface area (Å²) in [5, 5.41) is 0. The van der Waals surface area contributed by atoms with Gasteiger partial charge in [0.1, 0.15) is 0 Å². The molecule has 0 amide bonds. The van der Waals surface area contributed by atoms with Crippen LogP contribution >= 0.6 is 0 Å². The minimum Gasteiger partial charge on any atom is -0.295 e. The van der Waals surface area contributed by atoms with E-state index in [2.05, 4.69) is 0 Å². The first-order valence-corrected chi connectivity index (χ1v) is 10.8. The van der Waals surface area contributed by atoms with Crippen LogP contribution in [-0.4, -0.2) is 31.6 Å². The van der Waals surface area contributed by atoms with Crippen molar-refractivity contribution in [2.75, 3.05) is 13.1 Å². The number of rotatable bonds is 5. The Hall–Kier alpha value is -2.50. The van der Waals surface area contributed by atoms with Crippen LogP contribution in [0.1, 0.15) is 31.4 Å². The van der Waals surface area contributed by atoms with E-state index in [0.717, 1.165) is 22.3 Å². The number of hydrogen-bond donors (Lipinski definition) is 0. The number of aryl methyl sites for hydroxylation is 1. The second-order valence-electron chi connectivity index (χ2n) is 7.05. The van der Waals surface area contributed by atoms with Gasteiger partial charge in [0.15, 0.2) is 5.78 Å². The van der Waals surface area contributed by atoms with Gasteiger partial charge in [-0.2, -0.15) is 4.31 Å². The first-order chi connectivity index (χ1) is 13.3. The second kappa shape index (κ2) is 8.25. The molecule has 0 unspecified atom stereocenters. The molecule has 4 nitrogen and oxygen atoms in total. The molecule has 0 saturated carbocycles. The molecule has 0 N–H and O–H groups in total. The third-order valence-electron chi connectivity index (χ3n) is 5.07. The van der Waals surface area contributed by atoms with E-state index in [1.807, 2.05) is 50.3 Å². The number of benzene rings is 2. The maximum absolute atomic E-state index is 13.2. The molecule has 5 heteroatoms. The fourth-order valence-corrected chi connectivity index (χ4v) is 4.68. The number of carbonyl (C=O) groups excluding carboxylic acids is 1. The molecule has 28 heavy (non-hydrogen) atoms. The fourth-order valence-electron chi connectivity index (χ4n) is 3.30. The molecule has 0 aliphatic carbocycles. The molecule has 0 saturated heterocycles. The first-order valence-electron chi connectivity index (χ1n) is 9.38. The topological polar surface area (TPSA) is 54.5 Å². The van der Waals surface area contributed by atoms with Gasteiger partial charge in [0.2, 0.25) is 10.0 Å². The number of sulfonamides is 1. The molecule has 0 atom stereocenters. The summed E-state index contributed by atoms with van der Waals surface area (Å²) < 4.78 is 27.9. The van der Waals surface area contributed by atoms with Gasteiger partial charge in [0.05, 0.1) is 4.90 Å². The van der Waals surface area contributed by atoms with Crippen LogP contribution in [0.5, 0.6) is 0 Å². The van der Waals surface area contributed by atoms with Crippen molar-refractivity contribution >= 4 is 21.9 Å².